The standard InChI is InChI=1S/C50H81N7O8/c1-15-18-19-20-22-26-42(55(13)47(62)41(51-11)34-65-50(8,9)10)49(64)56(14)43(30-36(6)7)45(60)53-40(48(63)57-27-23-21-24-28-57)32-44(59)52-39(29-35(4)5)46(61)54(12)38(33-58)31-37(17-3)25-16-2/h15-20,22,25,33,35-36,38-43,51H,1-3,21,23-24,26-32,34H2,4-14H3,(H,52,59)(H,53,60)/b19-18-,22-20+,37-25+/t38?,39-,40+,41?,42?,43?/m1/s1. The number of likely N-dealkylation sites (tertiary alicyclic amines) is 1. The molecule has 0 spiro atoms. The average Bonchev–Trinajstić information content (AvgIpc) is 3.26. The number of amides is 6. The van der Waals surface area contributed by atoms with Crippen molar-refractivity contribution in [1.82, 2.24) is 35.6 Å². The molecule has 1 heterocycles. The minimum Gasteiger partial charge on any atom is -0.374 e. The van der Waals surface area contributed by atoms with Crippen LogP contribution in [0.4, 0.5) is 0 Å². The Morgan fingerprint density at radius 1 is 0.723 bits per heavy atom. The van der Waals surface area contributed by atoms with E-state index in [1.807, 2.05) is 48.5 Å². The highest BCUT2D eigenvalue weighted by molar-refractivity contribution is 5.97. The SMILES string of the molecule is C=C/C=C\C=C\CC(C(=O)N(C)C(CC(C)C)C(=O)N[C@@H](CC(=O)N[C@H](CC(C)C)C(=O)N(C)C(C=O)C/C(C=C)=C/C=C)C(=O)N1CCCCC1)N(C)C(=O)C(COC(C)(C)C)NC. The smallest absolute Gasteiger partial charge is 0.246 e. The van der Waals surface area contributed by atoms with Crippen LogP contribution >= 0.6 is 0 Å². The zero-order valence-corrected chi connectivity index (χ0v) is 41.3. The van der Waals surface area contributed by atoms with Crippen molar-refractivity contribution in [2.75, 3.05) is 47.9 Å². The first kappa shape index (κ1) is 57.9. The molecule has 3 N–H and O–H groups in total. The van der Waals surface area contributed by atoms with E-state index in [1.54, 1.807) is 67.6 Å². The quantitative estimate of drug-likeness (QED) is 0.0728. The zero-order valence-electron chi connectivity index (χ0n) is 41.3. The van der Waals surface area contributed by atoms with Gasteiger partial charge in [0.2, 0.25) is 35.4 Å². The predicted molar refractivity (Wildman–Crippen MR) is 258 cm³/mol. The third kappa shape index (κ3) is 20.3. The van der Waals surface area contributed by atoms with Crippen molar-refractivity contribution in [2.45, 2.75) is 142 Å². The van der Waals surface area contributed by atoms with E-state index in [-0.39, 0.29) is 50.0 Å². The number of carbonyl (C=O) groups is 7. The summed E-state index contributed by atoms with van der Waals surface area (Å²) in [5.74, 6) is -3.23. The van der Waals surface area contributed by atoms with Crippen molar-refractivity contribution in [2.24, 2.45) is 11.8 Å². The molecule has 0 aromatic rings. The number of hydrogen-bond donors (Lipinski definition) is 3. The molecule has 15 nitrogen and oxygen atoms in total. The van der Waals surface area contributed by atoms with Gasteiger partial charge in [0.15, 0.2) is 0 Å². The lowest BCUT2D eigenvalue weighted by Crippen LogP contribution is -2.60. The largest absolute Gasteiger partial charge is 0.374 e. The van der Waals surface area contributed by atoms with Gasteiger partial charge >= 0.3 is 0 Å². The average molecular weight is 908 g/mol. The first-order valence-corrected chi connectivity index (χ1v) is 22.9. The van der Waals surface area contributed by atoms with Gasteiger partial charge in [-0.3, -0.25) is 28.8 Å². The summed E-state index contributed by atoms with van der Waals surface area (Å²) in [6.07, 6.45) is 16.9. The van der Waals surface area contributed by atoms with E-state index in [2.05, 4.69) is 35.7 Å². The number of allylic oxidation sites excluding steroid dienone is 7. The molecule has 0 aromatic carbocycles. The maximum Gasteiger partial charge on any atom is 0.246 e. The molecule has 15 heteroatoms. The van der Waals surface area contributed by atoms with E-state index in [9.17, 15) is 33.6 Å². The summed E-state index contributed by atoms with van der Waals surface area (Å²) in [5, 5.41) is 8.66. The van der Waals surface area contributed by atoms with Gasteiger partial charge in [0.25, 0.3) is 0 Å². The van der Waals surface area contributed by atoms with Crippen LogP contribution < -0.4 is 16.0 Å². The molecular weight excluding hydrogens is 827 g/mol. The normalized spacial score (nSPS) is 16.3. The highest BCUT2D eigenvalue weighted by Crippen LogP contribution is 2.20. The second-order valence-corrected chi connectivity index (χ2v) is 18.5. The van der Waals surface area contributed by atoms with Gasteiger partial charge in [-0.1, -0.05) is 96.0 Å². The van der Waals surface area contributed by atoms with Gasteiger partial charge in [0.05, 0.1) is 24.7 Å². The molecule has 1 aliphatic heterocycles. The van der Waals surface area contributed by atoms with Crippen LogP contribution in [0.2, 0.25) is 0 Å². The topological polar surface area (TPSA) is 178 Å². The Kier molecular flexibility index (Phi) is 26.2. The summed E-state index contributed by atoms with van der Waals surface area (Å²) in [6, 6.07) is -6.10. The van der Waals surface area contributed by atoms with E-state index in [1.165, 1.54) is 28.8 Å². The molecule has 0 aliphatic carbocycles. The number of piperidine rings is 1. The molecule has 1 saturated heterocycles. The van der Waals surface area contributed by atoms with Crippen molar-refractivity contribution >= 4 is 41.7 Å². The number of hydrogen-bond acceptors (Lipinski definition) is 9. The summed E-state index contributed by atoms with van der Waals surface area (Å²) in [5.41, 5.74) is 0.187. The van der Waals surface area contributed by atoms with Gasteiger partial charge in [0, 0.05) is 34.2 Å². The van der Waals surface area contributed by atoms with Crippen LogP contribution in [-0.2, 0) is 38.3 Å². The Balaban J connectivity index is 3.62. The van der Waals surface area contributed by atoms with Crippen LogP contribution in [0.5, 0.6) is 0 Å². The Morgan fingerprint density at radius 3 is 1.85 bits per heavy atom. The van der Waals surface area contributed by atoms with E-state index in [0.717, 1.165) is 19.3 Å². The van der Waals surface area contributed by atoms with E-state index in [4.69, 9.17) is 4.74 Å². The number of aldehydes is 1. The monoisotopic (exact) mass is 908 g/mol. The second kappa shape index (κ2) is 29.4. The van der Waals surface area contributed by atoms with Gasteiger partial charge in [-0.15, -0.1) is 0 Å². The molecule has 1 rings (SSSR count). The maximum atomic E-state index is 14.6. The second-order valence-electron chi connectivity index (χ2n) is 18.5. The van der Waals surface area contributed by atoms with Gasteiger partial charge < -0.3 is 45.1 Å². The maximum absolute atomic E-state index is 14.6. The molecule has 1 aliphatic rings. The third-order valence-electron chi connectivity index (χ3n) is 11.1. The van der Waals surface area contributed by atoms with E-state index in [0.29, 0.717) is 24.9 Å². The van der Waals surface area contributed by atoms with Crippen molar-refractivity contribution in [3.05, 3.63) is 73.9 Å². The number of nitrogens with zero attached hydrogens (tertiary/aromatic N) is 4. The summed E-state index contributed by atoms with van der Waals surface area (Å²) in [6.45, 7) is 25.4. The molecule has 0 bridgehead atoms. The molecular formula is C50H81N7O8. The number of carbonyl (C=O) groups excluding carboxylic acids is 7. The van der Waals surface area contributed by atoms with E-state index < -0.39 is 77.8 Å². The van der Waals surface area contributed by atoms with Gasteiger partial charge in [0.1, 0.15) is 36.5 Å². The van der Waals surface area contributed by atoms with Crippen LogP contribution in [0, 0.1) is 11.8 Å². The highest BCUT2D eigenvalue weighted by Gasteiger charge is 2.39. The van der Waals surface area contributed by atoms with Crippen LogP contribution in [0.15, 0.2) is 73.9 Å². The Morgan fingerprint density at radius 2 is 1.32 bits per heavy atom. The van der Waals surface area contributed by atoms with E-state index >= 15 is 0 Å². The Bertz CT molecular complexity index is 1710. The van der Waals surface area contributed by atoms with Gasteiger partial charge in [-0.25, -0.2) is 0 Å². The summed E-state index contributed by atoms with van der Waals surface area (Å²) in [4.78, 5) is 103. The molecule has 6 atom stereocenters. The number of ether oxygens (including phenoxy) is 1. The van der Waals surface area contributed by atoms with Crippen LogP contribution in [0.3, 0.4) is 0 Å². The fourth-order valence-corrected chi connectivity index (χ4v) is 7.37. The van der Waals surface area contributed by atoms with Crippen LogP contribution in [-0.4, -0.2) is 151 Å². The molecule has 364 valence electrons. The van der Waals surface area contributed by atoms with Crippen molar-refractivity contribution < 1.29 is 38.3 Å². The lowest BCUT2D eigenvalue weighted by Gasteiger charge is -2.37. The van der Waals surface area contributed by atoms with Crippen molar-refractivity contribution in [3.8, 4) is 0 Å². The van der Waals surface area contributed by atoms with Crippen LogP contribution in [0.1, 0.15) is 99.8 Å². The minimum atomic E-state index is -1.33. The molecule has 0 aromatic heterocycles. The highest BCUT2D eigenvalue weighted by atomic mass is 16.5. The lowest BCUT2D eigenvalue weighted by molar-refractivity contribution is -0.150. The molecule has 0 radical (unpaired) electrons. The molecule has 4 unspecified atom stereocenters. The van der Waals surface area contributed by atoms with Gasteiger partial charge in [-0.05, 0) is 90.2 Å². The first-order chi connectivity index (χ1) is 30.6. The lowest BCUT2D eigenvalue weighted by atomic mass is 9.98. The predicted octanol–water partition coefficient (Wildman–Crippen LogP) is 4.91. The molecule has 6 amide bonds. The van der Waals surface area contributed by atoms with Crippen molar-refractivity contribution in [3.63, 3.8) is 0 Å². The first-order valence-electron chi connectivity index (χ1n) is 22.9. The number of likely N-dealkylation sites (N-methyl/N-ethyl adjacent to an activating group) is 4. The van der Waals surface area contributed by atoms with Crippen molar-refractivity contribution in [1.29, 1.82) is 0 Å². The Labute approximate surface area is 389 Å². The zero-order chi connectivity index (χ0) is 49.4. The summed E-state index contributed by atoms with van der Waals surface area (Å²) >= 11 is 0. The molecule has 65 heavy (non-hydrogen) atoms. The minimum absolute atomic E-state index is 0.0368. The Hall–Kier alpha value is -5.15. The summed E-state index contributed by atoms with van der Waals surface area (Å²) in [7, 11) is 6.19. The molecule has 1 fully saturated rings. The third-order valence-corrected chi connectivity index (χ3v) is 11.1. The summed E-state index contributed by atoms with van der Waals surface area (Å²) < 4.78 is 5.92. The number of rotatable bonds is 28. The fourth-order valence-electron chi connectivity index (χ4n) is 7.37. The number of nitrogens with one attached hydrogen (secondary N) is 3. The van der Waals surface area contributed by atoms with Gasteiger partial charge in [-0.2, -0.15) is 0 Å². The molecule has 0 saturated carbocycles. The van der Waals surface area contributed by atoms with Crippen LogP contribution in [0.25, 0.3) is 0 Å². The fraction of sp³-hybridized carbons (Fsp3) is 0.620.